The van der Waals surface area contributed by atoms with E-state index in [0.717, 1.165) is 13.0 Å². The first-order valence-electron chi connectivity index (χ1n) is 6.30. The highest BCUT2D eigenvalue weighted by molar-refractivity contribution is 5.97. The maximum atomic E-state index is 11.2. The number of benzene rings is 1. The number of hydrogen-bond acceptors (Lipinski definition) is 5. The molecular weight excluding hydrogens is 248 g/mol. The minimum Gasteiger partial charge on any atom is -0.506 e. The third kappa shape index (κ3) is 2.97. The van der Waals surface area contributed by atoms with Crippen molar-refractivity contribution < 1.29 is 19.7 Å². The molecule has 1 amide bonds. The van der Waals surface area contributed by atoms with Gasteiger partial charge in [-0.3, -0.25) is 4.79 Å². The minimum atomic E-state index is -0.754. The molecule has 1 aliphatic rings. The molecule has 19 heavy (non-hydrogen) atoms. The number of fused-ring (bicyclic) bond motifs is 1. The number of aromatic hydroxyl groups is 1. The quantitative estimate of drug-likeness (QED) is 0.466. The highest BCUT2D eigenvalue weighted by atomic mass is 16.5. The van der Waals surface area contributed by atoms with E-state index in [-0.39, 0.29) is 24.0 Å². The smallest absolute Gasteiger partial charge is 0.262 e. The number of carbonyl (C=O) groups is 1. The molecule has 6 heteroatoms. The van der Waals surface area contributed by atoms with Crippen LogP contribution in [0.5, 0.6) is 11.5 Å². The molecule has 0 fully saturated rings. The van der Waals surface area contributed by atoms with Crippen molar-refractivity contribution in [3.05, 3.63) is 17.7 Å². The van der Waals surface area contributed by atoms with Crippen molar-refractivity contribution in [3.63, 3.8) is 0 Å². The molecule has 1 aliphatic heterocycles. The highest BCUT2D eigenvalue weighted by Gasteiger charge is 2.25. The van der Waals surface area contributed by atoms with Gasteiger partial charge in [-0.2, -0.15) is 0 Å². The van der Waals surface area contributed by atoms with Crippen LogP contribution in [0, 0.1) is 0 Å². The Labute approximate surface area is 111 Å². The average molecular weight is 266 g/mol. The maximum absolute atomic E-state index is 11.2. The van der Waals surface area contributed by atoms with Crippen molar-refractivity contribution in [2.45, 2.75) is 19.4 Å². The van der Waals surface area contributed by atoms with Crippen LogP contribution in [0.3, 0.4) is 0 Å². The molecule has 6 nitrogen and oxygen atoms in total. The fourth-order valence-corrected chi connectivity index (χ4v) is 1.97. The van der Waals surface area contributed by atoms with Crippen LogP contribution < -0.4 is 15.4 Å². The number of anilines is 1. The molecule has 2 rings (SSSR count). The molecule has 1 aromatic rings. The van der Waals surface area contributed by atoms with E-state index in [1.165, 1.54) is 6.07 Å². The van der Waals surface area contributed by atoms with Gasteiger partial charge in [0.05, 0.1) is 6.10 Å². The van der Waals surface area contributed by atoms with E-state index in [0.29, 0.717) is 17.9 Å². The Hall–Kier alpha value is -1.79. The third-order valence-corrected chi connectivity index (χ3v) is 2.90. The Bertz CT molecular complexity index is 476. The van der Waals surface area contributed by atoms with Crippen molar-refractivity contribution in [1.29, 1.82) is 0 Å². The van der Waals surface area contributed by atoms with Gasteiger partial charge in [-0.1, -0.05) is 6.92 Å². The summed E-state index contributed by atoms with van der Waals surface area (Å²) in [5.41, 5.74) is 0.777. The van der Waals surface area contributed by atoms with Gasteiger partial charge in [-0.15, -0.1) is 0 Å². The Kier molecular flexibility index (Phi) is 4.24. The number of phenols is 1. The summed E-state index contributed by atoms with van der Waals surface area (Å²) in [7, 11) is 0. The van der Waals surface area contributed by atoms with E-state index >= 15 is 0 Å². The Morgan fingerprint density at radius 2 is 2.32 bits per heavy atom. The lowest BCUT2D eigenvalue weighted by atomic mass is 10.1. The first kappa shape index (κ1) is 13.6. The topological polar surface area (TPSA) is 90.8 Å². The van der Waals surface area contributed by atoms with Crippen LogP contribution in [-0.4, -0.2) is 35.8 Å². The molecule has 104 valence electrons. The molecule has 1 heterocycles. The Morgan fingerprint density at radius 1 is 1.53 bits per heavy atom. The molecule has 0 saturated carbocycles. The number of ether oxygens (including phenoxy) is 1. The number of nitrogens with one attached hydrogen (secondary N) is 2. The number of amides is 1. The fraction of sp³-hybridized carbons (Fsp3) is 0.462. The fourth-order valence-electron chi connectivity index (χ4n) is 1.97. The summed E-state index contributed by atoms with van der Waals surface area (Å²) in [5.74, 6) is -0.0514. The molecular formula is C13H18N2O4. The van der Waals surface area contributed by atoms with Crippen molar-refractivity contribution in [1.82, 2.24) is 5.32 Å². The van der Waals surface area contributed by atoms with Crippen LogP contribution in [0.25, 0.3) is 0 Å². The van der Waals surface area contributed by atoms with E-state index in [4.69, 9.17) is 4.74 Å². The second kappa shape index (κ2) is 5.90. The van der Waals surface area contributed by atoms with Gasteiger partial charge in [0.25, 0.3) is 5.91 Å². The van der Waals surface area contributed by atoms with E-state index < -0.39 is 6.10 Å². The van der Waals surface area contributed by atoms with E-state index in [2.05, 4.69) is 10.6 Å². The first-order chi connectivity index (χ1) is 9.13. The monoisotopic (exact) mass is 266 g/mol. The maximum Gasteiger partial charge on any atom is 0.262 e. The zero-order chi connectivity index (χ0) is 13.8. The van der Waals surface area contributed by atoms with Crippen molar-refractivity contribution in [2.75, 3.05) is 25.0 Å². The molecule has 4 N–H and O–H groups in total. The minimum absolute atomic E-state index is 0.0690. The van der Waals surface area contributed by atoms with E-state index in [1.807, 2.05) is 6.92 Å². The number of hydrogen-bond donors (Lipinski definition) is 4. The standard InChI is InChI=1S/C13H18N2O4/c1-2-5-14-6-10(17)8-3-4-9(16)12-13(8)19-7-11(18)15-12/h3-4,10,14,16-17H,2,5-7H2,1H3,(H,15,18). The van der Waals surface area contributed by atoms with Gasteiger partial charge in [0, 0.05) is 12.1 Å². The van der Waals surface area contributed by atoms with Gasteiger partial charge in [-0.05, 0) is 25.1 Å². The SMILES string of the molecule is CCCNCC(O)c1ccc(O)c2c1OCC(=O)N2. The Balaban J connectivity index is 2.22. The second-order valence-corrected chi connectivity index (χ2v) is 4.43. The number of aliphatic hydroxyl groups is 1. The molecule has 1 atom stereocenters. The van der Waals surface area contributed by atoms with Crippen molar-refractivity contribution in [3.8, 4) is 11.5 Å². The van der Waals surface area contributed by atoms with Crippen LogP contribution >= 0.6 is 0 Å². The van der Waals surface area contributed by atoms with Crippen LogP contribution in [-0.2, 0) is 4.79 Å². The average Bonchev–Trinajstić information content (AvgIpc) is 2.40. The first-order valence-corrected chi connectivity index (χ1v) is 6.30. The summed E-state index contributed by atoms with van der Waals surface area (Å²) in [5, 5.41) is 25.5. The molecule has 0 bridgehead atoms. The molecule has 1 aromatic carbocycles. The number of carbonyl (C=O) groups excluding carboxylic acids is 1. The van der Waals surface area contributed by atoms with Crippen molar-refractivity contribution >= 4 is 11.6 Å². The van der Waals surface area contributed by atoms with Crippen LogP contribution in [0.15, 0.2) is 12.1 Å². The normalized spacial score (nSPS) is 15.4. The van der Waals surface area contributed by atoms with Crippen molar-refractivity contribution in [2.24, 2.45) is 0 Å². The predicted molar refractivity (Wildman–Crippen MR) is 70.4 cm³/mol. The summed E-state index contributed by atoms with van der Waals surface area (Å²) in [6.07, 6.45) is 0.225. The van der Waals surface area contributed by atoms with Gasteiger partial charge < -0.3 is 25.6 Å². The lowest BCUT2D eigenvalue weighted by molar-refractivity contribution is -0.118. The van der Waals surface area contributed by atoms with Gasteiger partial charge in [0.2, 0.25) is 0 Å². The van der Waals surface area contributed by atoms with Crippen LogP contribution in [0.2, 0.25) is 0 Å². The molecule has 0 spiro atoms. The van der Waals surface area contributed by atoms with E-state index in [1.54, 1.807) is 6.07 Å². The molecule has 0 aromatic heterocycles. The summed E-state index contributed by atoms with van der Waals surface area (Å²) < 4.78 is 5.32. The lowest BCUT2D eigenvalue weighted by Crippen LogP contribution is -2.28. The molecule has 1 unspecified atom stereocenters. The summed E-state index contributed by atoms with van der Waals surface area (Å²) in [4.78, 5) is 11.2. The summed E-state index contributed by atoms with van der Waals surface area (Å²) in [6.45, 7) is 3.14. The predicted octanol–water partition coefficient (Wildman–Crippen LogP) is 0.756. The number of aliphatic hydroxyl groups excluding tert-OH is 1. The zero-order valence-electron chi connectivity index (χ0n) is 10.8. The molecule has 0 radical (unpaired) electrons. The largest absolute Gasteiger partial charge is 0.506 e. The Morgan fingerprint density at radius 3 is 3.05 bits per heavy atom. The van der Waals surface area contributed by atoms with Crippen LogP contribution in [0.1, 0.15) is 25.0 Å². The third-order valence-electron chi connectivity index (χ3n) is 2.90. The number of phenolic OH excluding ortho intramolecular Hbond substituents is 1. The zero-order valence-corrected chi connectivity index (χ0v) is 10.8. The summed E-state index contributed by atoms with van der Waals surface area (Å²) >= 11 is 0. The molecule has 0 saturated heterocycles. The lowest BCUT2D eigenvalue weighted by Gasteiger charge is -2.23. The van der Waals surface area contributed by atoms with Crippen LogP contribution in [0.4, 0.5) is 5.69 Å². The summed E-state index contributed by atoms with van der Waals surface area (Å²) in [6, 6.07) is 3.04. The highest BCUT2D eigenvalue weighted by Crippen LogP contribution is 2.41. The number of rotatable bonds is 5. The van der Waals surface area contributed by atoms with Gasteiger partial charge in [0.15, 0.2) is 12.4 Å². The second-order valence-electron chi connectivity index (χ2n) is 4.43. The van der Waals surface area contributed by atoms with Gasteiger partial charge in [0.1, 0.15) is 11.4 Å². The molecule has 0 aliphatic carbocycles. The van der Waals surface area contributed by atoms with Gasteiger partial charge >= 0.3 is 0 Å². The van der Waals surface area contributed by atoms with Gasteiger partial charge in [-0.25, -0.2) is 0 Å². The van der Waals surface area contributed by atoms with E-state index in [9.17, 15) is 15.0 Å².